The predicted octanol–water partition coefficient (Wildman–Crippen LogP) is 1.42. The molecule has 1 aliphatic heterocycles. The Bertz CT molecular complexity index is 590. The molecule has 0 spiro atoms. The molecule has 0 unspecified atom stereocenters. The number of carbonyl (C=O) groups is 2. The lowest BCUT2D eigenvalue weighted by molar-refractivity contribution is -0.137. The van der Waals surface area contributed by atoms with Gasteiger partial charge in [0.2, 0.25) is 5.91 Å². The van der Waals surface area contributed by atoms with E-state index in [0.29, 0.717) is 13.0 Å². The monoisotopic (exact) mass is 330 g/mol. The van der Waals surface area contributed by atoms with Gasteiger partial charge in [-0.05, 0) is 25.0 Å². The molecule has 1 aliphatic rings. The Kier molecular flexibility index (Phi) is 5.25. The highest BCUT2D eigenvalue weighted by Gasteiger charge is 2.35. The van der Waals surface area contributed by atoms with E-state index >= 15 is 0 Å². The number of hydrogen-bond acceptors (Lipinski definition) is 3. The van der Waals surface area contributed by atoms with Crippen molar-refractivity contribution < 1.29 is 27.9 Å². The number of nitrogens with one attached hydrogen (secondary N) is 1. The maximum absolute atomic E-state index is 12.9. The first kappa shape index (κ1) is 17.3. The number of likely N-dealkylation sites (tertiary alicyclic amines) is 1. The molecule has 2 amide bonds. The van der Waals surface area contributed by atoms with E-state index < -0.39 is 35.7 Å². The maximum atomic E-state index is 12.9. The average molecular weight is 330 g/mol. The molecular formula is C15H17F3N2O3. The number of nitrogens with zero attached hydrogens (tertiary/aromatic N) is 1. The van der Waals surface area contributed by atoms with Crippen molar-refractivity contribution in [2.45, 2.75) is 25.1 Å². The molecule has 1 atom stereocenters. The third-order valence-corrected chi connectivity index (χ3v) is 3.79. The normalized spacial score (nSPS) is 18.1. The van der Waals surface area contributed by atoms with E-state index in [0.717, 1.165) is 18.6 Å². The quantitative estimate of drug-likeness (QED) is 0.877. The van der Waals surface area contributed by atoms with Gasteiger partial charge < -0.3 is 15.3 Å². The molecular weight excluding hydrogens is 313 g/mol. The van der Waals surface area contributed by atoms with Gasteiger partial charge in [0.1, 0.15) is 0 Å². The zero-order valence-electron chi connectivity index (χ0n) is 12.3. The molecule has 2 rings (SSSR count). The van der Waals surface area contributed by atoms with Gasteiger partial charge >= 0.3 is 6.18 Å². The lowest BCUT2D eigenvalue weighted by Gasteiger charge is -2.23. The molecule has 0 radical (unpaired) electrons. The summed E-state index contributed by atoms with van der Waals surface area (Å²) in [6.45, 7) is -0.100. The molecule has 5 nitrogen and oxygen atoms in total. The highest BCUT2D eigenvalue weighted by Crippen LogP contribution is 2.31. The molecule has 0 bridgehead atoms. The van der Waals surface area contributed by atoms with E-state index in [4.69, 9.17) is 5.11 Å². The summed E-state index contributed by atoms with van der Waals surface area (Å²) in [6.07, 6.45) is -3.22. The summed E-state index contributed by atoms with van der Waals surface area (Å²) in [7, 11) is 0. The number of amides is 2. The highest BCUT2D eigenvalue weighted by atomic mass is 19.4. The van der Waals surface area contributed by atoms with Gasteiger partial charge in [0.15, 0.2) is 0 Å². The predicted molar refractivity (Wildman–Crippen MR) is 75.6 cm³/mol. The van der Waals surface area contributed by atoms with Crippen molar-refractivity contribution in [3.05, 3.63) is 35.4 Å². The van der Waals surface area contributed by atoms with Gasteiger partial charge in [-0.1, -0.05) is 12.1 Å². The maximum Gasteiger partial charge on any atom is 0.417 e. The van der Waals surface area contributed by atoms with Crippen LogP contribution < -0.4 is 5.32 Å². The van der Waals surface area contributed by atoms with Crippen LogP contribution in [0.25, 0.3) is 0 Å². The Morgan fingerprint density at radius 1 is 1.30 bits per heavy atom. The molecule has 0 aliphatic carbocycles. The van der Waals surface area contributed by atoms with Gasteiger partial charge in [-0.25, -0.2) is 0 Å². The summed E-state index contributed by atoms with van der Waals surface area (Å²) < 4.78 is 38.6. The Morgan fingerprint density at radius 2 is 2.00 bits per heavy atom. The van der Waals surface area contributed by atoms with Gasteiger partial charge in [0, 0.05) is 6.54 Å². The number of alkyl halides is 3. The average Bonchev–Trinajstić information content (AvgIpc) is 3.00. The van der Waals surface area contributed by atoms with Crippen LogP contribution in [0.5, 0.6) is 0 Å². The molecule has 0 aromatic heterocycles. The van der Waals surface area contributed by atoms with Gasteiger partial charge in [-0.15, -0.1) is 0 Å². The minimum atomic E-state index is -4.64. The van der Waals surface area contributed by atoms with Crippen LogP contribution in [0.1, 0.15) is 28.8 Å². The molecule has 8 heteroatoms. The van der Waals surface area contributed by atoms with E-state index in [2.05, 4.69) is 5.32 Å². The molecule has 126 valence electrons. The SMILES string of the molecule is O=C(NCC(=O)N1CCC[C@@H]1CO)c1ccccc1C(F)(F)F. The van der Waals surface area contributed by atoms with E-state index in [-0.39, 0.29) is 12.6 Å². The Labute approximate surface area is 131 Å². The first-order chi connectivity index (χ1) is 10.8. The van der Waals surface area contributed by atoms with Gasteiger partial charge in [-0.2, -0.15) is 13.2 Å². The second kappa shape index (κ2) is 6.99. The molecule has 1 heterocycles. The molecule has 1 fully saturated rings. The van der Waals surface area contributed by atoms with Crippen molar-refractivity contribution in [1.82, 2.24) is 10.2 Å². The van der Waals surface area contributed by atoms with Crippen LogP contribution in [0.4, 0.5) is 13.2 Å². The van der Waals surface area contributed by atoms with Crippen LogP contribution in [0.15, 0.2) is 24.3 Å². The van der Waals surface area contributed by atoms with E-state index in [1.165, 1.54) is 17.0 Å². The van der Waals surface area contributed by atoms with Crippen LogP contribution in [-0.4, -0.2) is 47.6 Å². The smallest absolute Gasteiger partial charge is 0.394 e. The van der Waals surface area contributed by atoms with Gasteiger partial charge in [-0.3, -0.25) is 9.59 Å². The fourth-order valence-electron chi connectivity index (χ4n) is 2.63. The van der Waals surface area contributed by atoms with Crippen molar-refractivity contribution in [1.29, 1.82) is 0 Å². The van der Waals surface area contributed by atoms with Crippen LogP contribution in [0, 0.1) is 0 Å². The number of aliphatic hydroxyl groups excluding tert-OH is 1. The number of halogens is 3. The number of hydrogen-bond donors (Lipinski definition) is 2. The molecule has 1 aromatic rings. The van der Waals surface area contributed by atoms with Crippen molar-refractivity contribution >= 4 is 11.8 Å². The van der Waals surface area contributed by atoms with E-state index in [9.17, 15) is 22.8 Å². The first-order valence-corrected chi connectivity index (χ1v) is 7.19. The van der Waals surface area contributed by atoms with E-state index in [1.54, 1.807) is 0 Å². The summed E-state index contributed by atoms with van der Waals surface area (Å²) in [4.78, 5) is 25.4. The fraction of sp³-hybridized carbons (Fsp3) is 0.467. The zero-order chi connectivity index (χ0) is 17.0. The van der Waals surface area contributed by atoms with Gasteiger partial charge in [0.05, 0.1) is 30.3 Å². The van der Waals surface area contributed by atoms with Crippen LogP contribution in [0.2, 0.25) is 0 Å². The van der Waals surface area contributed by atoms with Crippen LogP contribution in [-0.2, 0) is 11.0 Å². The lowest BCUT2D eigenvalue weighted by Crippen LogP contribution is -2.44. The lowest BCUT2D eigenvalue weighted by atomic mass is 10.1. The third kappa shape index (κ3) is 4.01. The van der Waals surface area contributed by atoms with Crippen molar-refractivity contribution in [3.63, 3.8) is 0 Å². The standard InChI is InChI=1S/C15H17F3N2O3/c16-15(17,18)12-6-2-1-5-11(12)14(23)19-8-13(22)20-7-3-4-10(20)9-21/h1-2,5-6,10,21H,3-4,7-9H2,(H,19,23)/t10-/m1/s1. The second-order valence-corrected chi connectivity index (χ2v) is 5.29. The second-order valence-electron chi connectivity index (χ2n) is 5.29. The molecule has 1 aromatic carbocycles. The summed E-state index contributed by atoms with van der Waals surface area (Å²) in [5.41, 5.74) is -1.56. The fourth-order valence-corrected chi connectivity index (χ4v) is 2.63. The van der Waals surface area contributed by atoms with Gasteiger partial charge in [0.25, 0.3) is 5.91 Å². The number of aliphatic hydroxyl groups is 1. The highest BCUT2D eigenvalue weighted by molar-refractivity contribution is 5.97. The van der Waals surface area contributed by atoms with E-state index in [1.807, 2.05) is 0 Å². The van der Waals surface area contributed by atoms with Crippen molar-refractivity contribution in [2.24, 2.45) is 0 Å². The molecule has 23 heavy (non-hydrogen) atoms. The molecule has 1 saturated heterocycles. The van der Waals surface area contributed by atoms with Crippen LogP contribution >= 0.6 is 0 Å². The van der Waals surface area contributed by atoms with Crippen LogP contribution in [0.3, 0.4) is 0 Å². The number of carbonyl (C=O) groups excluding carboxylic acids is 2. The summed E-state index contributed by atoms with van der Waals surface area (Å²) >= 11 is 0. The topological polar surface area (TPSA) is 69.6 Å². The first-order valence-electron chi connectivity index (χ1n) is 7.19. The third-order valence-electron chi connectivity index (χ3n) is 3.79. The van der Waals surface area contributed by atoms with Crippen molar-refractivity contribution in [2.75, 3.05) is 19.7 Å². The minimum Gasteiger partial charge on any atom is -0.394 e. The number of benzene rings is 1. The summed E-state index contributed by atoms with van der Waals surface area (Å²) in [5, 5.41) is 11.4. The summed E-state index contributed by atoms with van der Waals surface area (Å²) in [6, 6.07) is 4.12. The largest absolute Gasteiger partial charge is 0.417 e. The molecule has 0 saturated carbocycles. The Balaban J connectivity index is 2.02. The molecule has 2 N–H and O–H groups in total. The summed E-state index contributed by atoms with van der Waals surface area (Å²) in [5.74, 6) is -1.37. The number of rotatable bonds is 4. The van der Waals surface area contributed by atoms with Crippen molar-refractivity contribution in [3.8, 4) is 0 Å². The Hall–Kier alpha value is -2.09. The zero-order valence-corrected chi connectivity index (χ0v) is 12.3. The minimum absolute atomic E-state index is 0.170. The Morgan fingerprint density at radius 3 is 2.65 bits per heavy atom.